The highest BCUT2D eigenvalue weighted by atomic mass is 79.9. The lowest BCUT2D eigenvalue weighted by atomic mass is 9.86. The maximum Gasteiger partial charge on any atom is 0.261 e. The number of carbonyl (C=O) groups is 2. The van der Waals surface area contributed by atoms with Gasteiger partial charge in [-0.15, -0.1) is 0 Å². The van der Waals surface area contributed by atoms with E-state index in [0.717, 1.165) is 15.6 Å². The lowest BCUT2D eigenvalue weighted by Crippen LogP contribution is -2.53. The first kappa shape index (κ1) is 25.9. The van der Waals surface area contributed by atoms with Crippen LogP contribution in [0.3, 0.4) is 0 Å². The molecule has 2 rings (SSSR count). The fourth-order valence-electron chi connectivity index (χ4n) is 3.32. The van der Waals surface area contributed by atoms with Crippen LogP contribution in [0.1, 0.15) is 59.6 Å². The van der Waals surface area contributed by atoms with Crippen molar-refractivity contribution in [3.05, 3.63) is 64.1 Å². The van der Waals surface area contributed by atoms with E-state index in [1.165, 1.54) is 0 Å². The SMILES string of the molecule is C[C@@H](C(=O)NC(C)(C)C)N(Cc1cccc(Br)c1)C(=O)COc1ccccc1C(C)(C)C. The minimum absolute atomic E-state index is 0.116. The van der Waals surface area contributed by atoms with E-state index in [9.17, 15) is 9.59 Å². The predicted molar refractivity (Wildman–Crippen MR) is 133 cm³/mol. The Balaban J connectivity index is 2.25. The number of hydrogen-bond acceptors (Lipinski definition) is 3. The largest absolute Gasteiger partial charge is 0.483 e. The lowest BCUT2D eigenvalue weighted by Gasteiger charge is -2.31. The molecular formula is C26H35BrN2O3. The van der Waals surface area contributed by atoms with Crippen LogP contribution in [-0.4, -0.2) is 34.9 Å². The summed E-state index contributed by atoms with van der Waals surface area (Å²) in [5, 5.41) is 2.97. The monoisotopic (exact) mass is 502 g/mol. The Kier molecular flexibility index (Phi) is 8.52. The molecule has 0 spiro atoms. The molecule has 0 aliphatic heterocycles. The molecule has 0 saturated heterocycles. The van der Waals surface area contributed by atoms with Crippen molar-refractivity contribution < 1.29 is 14.3 Å². The van der Waals surface area contributed by atoms with Gasteiger partial charge in [0.05, 0.1) is 0 Å². The van der Waals surface area contributed by atoms with Gasteiger partial charge in [0.1, 0.15) is 11.8 Å². The molecule has 0 saturated carbocycles. The molecule has 0 radical (unpaired) electrons. The zero-order valence-electron chi connectivity index (χ0n) is 20.2. The second-order valence-electron chi connectivity index (χ2n) is 10.1. The highest BCUT2D eigenvalue weighted by Crippen LogP contribution is 2.31. The van der Waals surface area contributed by atoms with Crippen molar-refractivity contribution in [3.63, 3.8) is 0 Å². The molecule has 174 valence electrons. The Morgan fingerprint density at radius 1 is 1.03 bits per heavy atom. The summed E-state index contributed by atoms with van der Waals surface area (Å²) in [6.45, 7) is 14.0. The van der Waals surface area contributed by atoms with Crippen LogP contribution in [0.2, 0.25) is 0 Å². The van der Waals surface area contributed by atoms with Crippen LogP contribution in [0.4, 0.5) is 0 Å². The van der Waals surface area contributed by atoms with Crippen molar-refractivity contribution >= 4 is 27.7 Å². The van der Waals surface area contributed by atoms with Crippen molar-refractivity contribution in [2.75, 3.05) is 6.61 Å². The highest BCUT2D eigenvalue weighted by Gasteiger charge is 2.29. The van der Waals surface area contributed by atoms with Gasteiger partial charge >= 0.3 is 0 Å². The summed E-state index contributed by atoms with van der Waals surface area (Å²) >= 11 is 3.48. The Bertz CT molecular complexity index is 945. The van der Waals surface area contributed by atoms with Crippen molar-refractivity contribution in [1.82, 2.24) is 10.2 Å². The second kappa shape index (κ2) is 10.5. The van der Waals surface area contributed by atoms with Crippen molar-refractivity contribution in [1.29, 1.82) is 0 Å². The van der Waals surface area contributed by atoms with E-state index < -0.39 is 11.6 Å². The van der Waals surface area contributed by atoms with Crippen LogP contribution in [-0.2, 0) is 21.5 Å². The van der Waals surface area contributed by atoms with Gasteiger partial charge in [-0.25, -0.2) is 0 Å². The van der Waals surface area contributed by atoms with Crippen molar-refractivity contribution in [2.24, 2.45) is 0 Å². The van der Waals surface area contributed by atoms with Gasteiger partial charge in [0.25, 0.3) is 5.91 Å². The Morgan fingerprint density at radius 2 is 1.69 bits per heavy atom. The summed E-state index contributed by atoms with van der Waals surface area (Å²) in [7, 11) is 0. The molecule has 5 nitrogen and oxygen atoms in total. The van der Waals surface area contributed by atoms with E-state index in [4.69, 9.17) is 4.74 Å². The first-order valence-electron chi connectivity index (χ1n) is 10.9. The molecule has 0 aromatic heterocycles. The number of benzene rings is 2. The number of amides is 2. The number of para-hydroxylation sites is 1. The van der Waals surface area contributed by atoms with Gasteiger partial charge in [0.15, 0.2) is 6.61 Å². The third kappa shape index (κ3) is 7.66. The molecule has 1 atom stereocenters. The zero-order chi connectivity index (χ0) is 24.1. The Labute approximate surface area is 200 Å². The van der Waals surface area contributed by atoms with Gasteiger partial charge in [-0.1, -0.05) is 67.0 Å². The third-order valence-corrected chi connectivity index (χ3v) is 5.45. The van der Waals surface area contributed by atoms with Crippen LogP contribution in [0.5, 0.6) is 5.75 Å². The molecule has 2 amide bonds. The molecule has 6 heteroatoms. The quantitative estimate of drug-likeness (QED) is 0.546. The summed E-state index contributed by atoms with van der Waals surface area (Å²) in [5.41, 5.74) is 1.45. The summed E-state index contributed by atoms with van der Waals surface area (Å²) in [6.07, 6.45) is 0. The normalized spacial score (nSPS) is 12.8. The third-order valence-electron chi connectivity index (χ3n) is 4.95. The maximum atomic E-state index is 13.3. The van der Waals surface area contributed by atoms with E-state index in [2.05, 4.69) is 42.0 Å². The van der Waals surface area contributed by atoms with Gasteiger partial charge < -0.3 is 15.0 Å². The first-order valence-corrected chi connectivity index (χ1v) is 11.7. The molecular weight excluding hydrogens is 468 g/mol. The second-order valence-corrected chi connectivity index (χ2v) is 11.0. The Hall–Kier alpha value is -2.34. The van der Waals surface area contributed by atoms with Gasteiger partial charge in [0.2, 0.25) is 5.91 Å². The first-order chi connectivity index (χ1) is 14.8. The van der Waals surface area contributed by atoms with Crippen LogP contribution >= 0.6 is 15.9 Å². The summed E-state index contributed by atoms with van der Waals surface area (Å²) in [6, 6.07) is 14.8. The Morgan fingerprint density at radius 3 is 2.28 bits per heavy atom. The average Bonchev–Trinajstić information content (AvgIpc) is 2.68. The minimum atomic E-state index is -0.651. The number of halogens is 1. The minimum Gasteiger partial charge on any atom is -0.483 e. The smallest absolute Gasteiger partial charge is 0.261 e. The number of rotatable bonds is 7. The number of nitrogens with one attached hydrogen (secondary N) is 1. The van der Waals surface area contributed by atoms with Crippen LogP contribution in [0.25, 0.3) is 0 Å². The molecule has 2 aromatic rings. The topological polar surface area (TPSA) is 58.6 Å². The standard InChI is InChI=1S/C26H35BrN2O3/c1-18(24(31)28-26(5,6)7)29(16-19-11-10-12-20(27)15-19)23(30)17-32-22-14-9-8-13-21(22)25(2,3)4/h8-15,18H,16-17H2,1-7H3,(H,28,31)/t18-/m0/s1. The number of carbonyl (C=O) groups excluding carboxylic acids is 2. The molecule has 0 fully saturated rings. The average molecular weight is 503 g/mol. The number of hydrogen-bond donors (Lipinski definition) is 1. The van der Waals surface area contributed by atoms with Crippen LogP contribution in [0, 0.1) is 0 Å². The van der Waals surface area contributed by atoms with Gasteiger partial charge in [-0.3, -0.25) is 9.59 Å². The van der Waals surface area contributed by atoms with E-state index >= 15 is 0 Å². The summed E-state index contributed by atoms with van der Waals surface area (Å²) in [4.78, 5) is 27.7. The molecule has 0 unspecified atom stereocenters. The molecule has 1 N–H and O–H groups in total. The molecule has 0 heterocycles. The zero-order valence-corrected chi connectivity index (χ0v) is 21.7. The fraction of sp³-hybridized carbons (Fsp3) is 0.462. The van der Waals surface area contributed by atoms with E-state index in [0.29, 0.717) is 12.3 Å². The predicted octanol–water partition coefficient (Wildman–Crippen LogP) is 5.46. The summed E-state index contributed by atoms with van der Waals surface area (Å²) < 4.78 is 6.89. The fourth-order valence-corrected chi connectivity index (χ4v) is 3.77. The number of nitrogens with zero attached hydrogens (tertiary/aromatic N) is 1. The molecule has 2 aromatic carbocycles. The molecule has 0 bridgehead atoms. The van der Waals surface area contributed by atoms with Crippen LogP contribution < -0.4 is 10.1 Å². The van der Waals surface area contributed by atoms with E-state index in [1.807, 2.05) is 69.3 Å². The van der Waals surface area contributed by atoms with Gasteiger partial charge in [-0.2, -0.15) is 0 Å². The van der Waals surface area contributed by atoms with Crippen LogP contribution in [0.15, 0.2) is 53.0 Å². The molecule has 32 heavy (non-hydrogen) atoms. The van der Waals surface area contributed by atoms with E-state index in [-0.39, 0.29) is 23.8 Å². The van der Waals surface area contributed by atoms with E-state index in [1.54, 1.807) is 11.8 Å². The van der Waals surface area contributed by atoms with Gasteiger partial charge in [0, 0.05) is 16.6 Å². The molecule has 0 aliphatic rings. The van der Waals surface area contributed by atoms with Crippen molar-refractivity contribution in [3.8, 4) is 5.75 Å². The summed E-state index contributed by atoms with van der Waals surface area (Å²) in [5.74, 6) is 0.240. The van der Waals surface area contributed by atoms with Gasteiger partial charge in [-0.05, 0) is 62.4 Å². The maximum absolute atomic E-state index is 13.3. The highest BCUT2D eigenvalue weighted by molar-refractivity contribution is 9.10. The van der Waals surface area contributed by atoms with Crippen molar-refractivity contribution in [2.45, 2.75) is 72.0 Å². The molecule has 0 aliphatic carbocycles. The number of ether oxygens (including phenoxy) is 1. The lowest BCUT2D eigenvalue weighted by molar-refractivity contribution is -0.142.